The normalized spacial score (nSPS) is 20.6. The Kier molecular flexibility index (Phi) is 3.74. The molecule has 0 aromatic carbocycles. The first-order valence-corrected chi connectivity index (χ1v) is 4.95. The Labute approximate surface area is 85.0 Å². The lowest BCUT2D eigenvalue weighted by Crippen LogP contribution is -2.36. The van der Waals surface area contributed by atoms with Crippen molar-refractivity contribution < 1.29 is 9.53 Å². The number of ether oxygens (including phenoxy) is 1. The molecule has 0 radical (unpaired) electrons. The maximum Gasteiger partial charge on any atom is 0.410 e. The molecule has 0 aromatic rings. The van der Waals surface area contributed by atoms with Crippen LogP contribution in [0.4, 0.5) is 4.79 Å². The first-order valence-electron chi connectivity index (χ1n) is 4.95. The van der Waals surface area contributed by atoms with Crippen LogP contribution in [0.2, 0.25) is 0 Å². The molecule has 1 amide bonds. The third kappa shape index (κ3) is 2.16. The largest absolute Gasteiger partial charge is 0.450 e. The zero-order chi connectivity index (χ0) is 10.6. The fourth-order valence-electron chi connectivity index (χ4n) is 1.71. The second-order valence-electron chi connectivity index (χ2n) is 3.33. The van der Waals surface area contributed by atoms with Crippen LogP contribution in [0.15, 0.2) is 24.8 Å². The van der Waals surface area contributed by atoms with Crippen molar-refractivity contribution >= 4 is 6.09 Å². The van der Waals surface area contributed by atoms with Crippen molar-refractivity contribution in [2.24, 2.45) is 0 Å². The molecule has 1 aliphatic heterocycles. The minimum atomic E-state index is -0.238. The van der Waals surface area contributed by atoms with Gasteiger partial charge in [0.2, 0.25) is 0 Å². The van der Waals surface area contributed by atoms with Gasteiger partial charge in [-0.3, -0.25) is 0 Å². The Morgan fingerprint density at radius 3 is 3.00 bits per heavy atom. The molecule has 0 bridgehead atoms. The van der Waals surface area contributed by atoms with Gasteiger partial charge >= 0.3 is 6.09 Å². The summed E-state index contributed by atoms with van der Waals surface area (Å²) in [6.07, 6.45) is 3.44. The number of carbonyl (C=O) groups excluding carboxylic acids is 1. The van der Waals surface area contributed by atoms with Crippen LogP contribution in [0, 0.1) is 0 Å². The van der Waals surface area contributed by atoms with Crippen LogP contribution in [-0.4, -0.2) is 30.2 Å². The van der Waals surface area contributed by atoms with E-state index in [4.69, 9.17) is 4.74 Å². The van der Waals surface area contributed by atoms with Crippen LogP contribution >= 0.6 is 0 Å². The highest BCUT2D eigenvalue weighted by Gasteiger charge is 2.30. The van der Waals surface area contributed by atoms with Gasteiger partial charge in [0.05, 0.1) is 12.6 Å². The molecule has 14 heavy (non-hydrogen) atoms. The molecular formula is C11H17NO2. The summed E-state index contributed by atoms with van der Waals surface area (Å²) < 4.78 is 4.96. The molecule has 1 saturated heterocycles. The third-order valence-electron chi connectivity index (χ3n) is 2.45. The first kappa shape index (κ1) is 10.8. The maximum atomic E-state index is 11.5. The van der Waals surface area contributed by atoms with E-state index in [1.807, 2.05) is 6.92 Å². The topological polar surface area (TPSA) is 29.5 Å². The average molecular weight is 195 g/mol. The van der Waals surface area contributed by atoms with Crippen LogP contribution in [0.1, 0.15) is 19.8 Å². The van der Waals surface area contributed by atoms with Crippen LogP contribution < -0.4 is 0 Å². The van der Waals surface area contributed by atoms with Crippen LogP contribution in [0.25, 0.3) is 0 Å². The van der Waals surface area contributed by atoms with E-state index in [0.717, 1.165) is 25.0 Å². The van der Waals surface area contributed by atoms with E-state index in [1.165, 1.54) is 0 Å². The van der Waals surface area contributed by atoms with Gasteiger partial charge in [-0.15, -0.1) is 0 Å². The summed E-state index contributed by atoms with van der Waals surface area (Å²) in [4.78, 5) is 13.2. The van der Waals surface area contributed by atoms with E-state index in [1.54, 1.807) is 11.0 Å². The van der Waals surface area contributed by atoms with Gasteiger partial charge < -0.3 is 9.64 Å². The molecule has 1 fully saturated rings. The molecular weight excluding hydrogens is 178 g/mol. The standard InChI is InChI=1S/C11H17NO2/c1-4-9(3)10-7-6-8-12(10)11(13)14-5-2/h4,10H,1,3,5-8H2,2H3. The second-order valence-corrected chi connectivity index (χ2v) is 3.33. The lowest BCUT2D eigenvalue weighted by molar-refractivity contribution is 0.108. The highest BCUT2D eigenvalue weighted by Crippen LogP contribution is 2.23. The Balaban J connectivity index is 2.63. The van der Waals surface area contributed by atoms with E-state index in [-0.39, 0.29) is 12.1 Å². The van der Waals surface area contributed by atoms with E-state index < -0.39 is 0 Å². The van der Waals surface area contributed by atoms with E-state index in [2.05, 4.69) is 13.2 Å². The van der Waals surface area contributed by atoms with Gasteiger partial charge in [-0.05, 0) is 25.3 Å². The van der Waals surface area contributed by atoms with E-state index >= 15 is 0 Å². The number of hydrogen-bond acceptors (Lipinski definition) is 2. The molecule has 0 aromatic heterocycles. The molecule has 0 N–H and O–H groups in total. The summed E-state index contributed by atoms with van der Waals surface area (Å²) in [7, 11) is 0. The minimum absolute atomic E-state index is 0.0894. The monoisotopic (exact) mass is 195 g/mol. The number of rotatable bonds is 3. The number of carbonyl (C=O) groups is 1. The Bertz CT molecular complexity index is 248. The molecule has 0 saturated carbocycles. The first-order chi connectivity index (χ1) is 6.70. The van der Waals surface area contributed by atoms with Gasteiger partial charge in [-0.25, -0.2) is 4.79 Å². The zero-order valence-corrected chi connectivity index (χ0v) is 8.66. The Hall–Kier alpha value is -1.25. The predicted octanol–water partition coefficient (Wildman–Crippen LogP) is 2.35. The smallest absolute Gasteiger partial charge is 0.410 e. The summed E-state index contributed by atoms with van der Waals surface area (Å²) in [5.74, 6) is 0. The van der Waals surface area contributed by atoms with Crippen molar-refractivity contribution in [3.05, 3.63) is 24.8 Å². The SMILES string of the molecule is C=CC(=C)C1CCCN1C(=O)OCC. The number of amides is 1. The number of nitrogens with zero attached hydrogens (tertiary/aromatic N) is 1. The second kappa shape index (κ2) is 4.84. The highest BCUT2D eigenvalue weighted by molar-refractivity contribution is 5.69. The van der Waals surface area contributed by atoms with E-state index in [9.17, 15) is 4.79 Å². The molecule has 3 nitrogen and oxygen atoms in total. The predicted molar refractivity (Wildman–Crippen MR) is 56.1 cm³/mol. The van der Waals surface area contributed by atoms with Gasteiger partial charge in [0.15, 0.2) is 0 Å². The minimum Gasteiger partial charge on any atom is -0.450 e. The number of likely N-dealkylation sites (tertiary alicyclic amines) is 1. The number of hydrogen-bond donors (Lipinski definition) is 0. The Morgan fingerprint density at radius 2 is 2.43 bits per heavy atom. The Morgan fingerprint density at radius 1 is 1.71 bits per heavy atom. The molecule has 1 heterocycles. The van der Waals surface area contributed by atoms with Gasteiger partial charge in [0.1, 0.15) is 0 Å². The summed E-state index contributed by atoms with van der Waals surface area (Å²) in [6, 6.07) is 0.0894. The van der Waals surface area contributed by atoms with Crippen molar-refractivity contribution in [2.45, 2.75) is 25.8 Å². The summed E-state index contributed by atoms with van der Waals surface area (Å²) >= 11 is 0. The molecule has 78 valence electrons. The molecule has 1 aliphatic rings. The van der Waals surface area contributed by atoms with Gasteiger partial charge in [0.25, 0.3) is 0 Å². The van der Waals surface area contributed by atoms with Crippen LogP contribution in [-0.2, 0) is 4.74 Å². The maximum absolute atomic E-state index is 11.5. The van der Waals surface area contributed by atoms with Crippen molar-refractivity contribution in [2.75, 3.05) is 13.2 Å². The summed E-state index contributed by atoms with van der Waals surface area (Å²) in [5, 5.41) is 0. The van der Waals surface area contributed by atoms with Crippen molar-refractivity contribution in [1.82, 2.24) is 4.90 Å². The molecule has 3 heteroatoms. The average Bonchev–Trinajstić information content (AvgIpc) is 2.65. The van der Waals surface area contributed by atoms with Gasteiger partial charge in [-0.1, -0.05) is 19.2 Å². The van der Waals surface area contributed by atoms with Gasteiger partial charge in [-0.2, -0.15) is 0 Å². The highest BCUT2D eigenvalue weighted by atomic mass is 16.6. The fraction of sp³-hybridized carbons (Fsp3) is 0.545. The van der Waals surface area contributed by atoms with Crippen molar-refractivity contribution in [3.63, 3.8) is 0 Å². The van der Waals surface area contributed by atoms with Crippen molar-refractivity contribution in [1.29, 1.82) is 0 Å². The summed E-state index contributed by atoms with van der Waals surface area (Å²) in [6.45, 7) is 10.5. The molecule has 0 spiro atoms. The molecule has 1 rings (SSSR count). The van der Waals surface area contributed by atoms with E-state index in [0.29, 0.717) is 6.61 Å². The molecule has 1 atom stereocenters. The van der Waals surface area contributed by atoms with Crippen LogP contribution in [0.5, 0.6) is 0 Å². The lowest BCUT2D eigenvalue weighted by Gasteiger charge is -2.24. The third-order valence-corrected chi connectivity index (χ3v) is 2.45. The molecule has 0 aliphatic carbocycles. The van der Waals surface area contributed by atoms with Crippen LogP contribution in [0.3, 0.4) is 0 Å². The summed E-state index contributed by atoms with van der Waals surface area (Å²) in [5.41, 5.74) is 0.899. The van der Waals surface area contributed by atoms with Crippen molar-refractivity contribution in [3.8, 4) is 0 Å². The quantitative estimate of drug-likeness (QED) is 0.647. The lowest BCUT2D eigenvalue weighted by atomic mass is 10.1. The zero-order valence-electron chi connectivity index (χ0n) is 8.66. The fourth-order valence-corrected chi connectivity index (χ4v) is 1.71. The van der Waals surface area contributed by atoms with Gasteiger partial charge in [0, 0.05) is 6.54 Å². The molecule has 1 unspecified atom stereocenters.